The number of hydrogen-bond donors (Lipinski definition) is 1. The predicted octanol–water partition coefficient (Wildman–Crippen LogP) is 4.29. The van der Waals surface area contributed by atoms with Gasteiger partial charge < -0.3 is 14.7 Å². The van der Waals surface area contributed by atoms with E-state index in [4.69, 9.17) is 4.74 Å². The van der Waals surface area contributed by atoms with Crippen LogP contribution in [-0.2, 0) is 5.41 Å². The van der Waals surface area contributed by atoms with E-state index in [9.17, 15) is 5.11 Å². The van der Waals surface area contributed by atoms with Crippen molar-refractivity contribution in [2.75, 3.05) is 26.7 Å². The predicted molar refractivity (Wildman–Crippen MR) is 96.2 cm³/mol. The fourth-order valence-electron chi connectivity index (χ4n) is 3.28. The Balaban J connectivity index is 2.06. The van der Waals surface area contributed by atoms with Crippen molar-refractivity contribution in [3.05, 3.63) is 29.3 Å². The molecule has 1 fully saturated rings. The summed E-state index contributed by atoms with van der Waals surface area (Å²) in [6.07, 6.45) is 5.58. The molecule has 3 heteroatoms. The molecule has 1 aliphatic heterocycles. The molecule has 0 amide bonds. The van der Waals surface area contributed by atoms with Crippen LogP contribution in [0.3, 0.4) is 0 Å². The van der Waals surface area contributed by atoms with E-state index in [1.165, 1.54) is 44.3 Å². The van der Waals surface area contributed by atoms with E-state index in [1.54, 1.807) is 7.11 Å². The van der Waals surface area contributed by atoms with Crippen LogP contribution in [0.4, 0.5) is 0 Å². The van der Waals surface area contributed by atoms with Gasteiger partial charge >= 0.3 is 0 Å². The zero-order chi connectivity index (χ0) is 16.9. The largest absolute Gasteiger partial charge is 0.496 e. The highest BCUT2D eigenvalue weighted by molar-refractivity contribution is 5.41. The Kier molecular flexibility index (Phi) is 6.49. The number of methoxy groups -OCH3 is 1. The van der Waals surface area contributed by atoms with Crippen LogP contribution < -0.4 is 4.74 Å². The molecular formula is C20H33NO2. The molecule has 1 saturated heterocycles. The number of nitrogens with zero attached hydrogens (tertiary/aromatic N) is 1. The van der Waals surface area contributed by atoms with Crippen LogP contribution in [0.2, 0.25) is 0 Å². The first kappa shape index (κ1) is 18.3. The van der Waals surface area contributed by atoms with E-state index >= 15 is 0 Å². The van der Waals surface area contributed by atoms with E-state index in [2.05, 4.69) is 37.8 Å². The number of hydrogen-bond acceptors (Lipinski definition) is 3. The van der Waals surface area contributed by atoms with Gasteiger partial charge in [0.05, 0.1) is 13.2 Å². The van der Waals surface area contributed by atoms with E-state index in [0.717, 1.165) is 24.3 Å². The minimum atomic E-state index is -0.462. The first-order chi connectivity index (χ1) is 10.9. The van der Waals surface area contributed by atoms with Crippen LogP contribution in [0.5, 0.6) is 5.75 Å². The first-order valence-corrected chi connectivity index (χ1v) is 9.00. The van der Waals surface area contributed by atoms with Crippen molar-refractivity contribution in [3.8, 4) is 5.75 Å². The second kappa shape index (κ2) is 8.16. The summed E-state index contributed by atoms with van der Waals surface area (Å²) in [5, 5.41) is 10.7. The second-order valence-corrected chi connectivity index (χ2v) is 7.77. The molecule has 2 rings (SSSR count). The lowest BCUT2D eigenvalue weighted by Gasteiger charge is -2.25. The van der Waals surface area contributed by atoms with E-state index < -0.39 is 6.10 Å². The molecule has 0 aromatic heterocycles. The third-order valence-electron chi connectivity index (χ3n) is 4.87. The molecule has 1 N–H and O–H groups in total. The van der Waals surface area contributed by atoms with Gasteiger partial charge in [0.2, 0.25) is 0 Å². The summed E-state index contributed by atoms with van der Waals surface area (Å²) in [6, 6.07) is 6.21. The number of likely N-dealkylation sites (tertiary alicyclic amines) is 1. The van der Waals surface area contributed by atoms with Crippen LogP contribution >= 0.6 is 0 Å². The fourth-order valence-corrected chi connectivity index (χ4v) is 3.28. The van der Waals surface area contributed by atoms with E-state index in [1.807, 2.05) is 6.07 Å². The summed E-state index contributed by atoms with van der Waals surface area (Å²) >= 11 is 0. The maximum atomic E-state index is 10.7. The molecule has 130 valence electrons. The average molecular weight is 319 g/mol. The second-order valence-electron chi connectivity index (χ2n) is 7.77. The summed E-state index contributed by atoms with van der Waals surface area (Å²) in [5.41, 5.74) is 2.24. The van der Waals surface area contributed by atoms with Crippen LogP contribution in [0.15, 0.2) is 18.2 Å². The summed E-state index contributed by atoms with van der Waals surface area (Å²) in [5.74, 6) is 0.793. The summed E-state index contributed by atoms with van der Waals surface area (Å²) in [7, 11) is 1.68. The van der Waals surface area contributed by atoms with Gasteiger partial charge in [-0.2, -0.15) is 0 Å². The van der Waals surface area contributed by atoms with Crippen molar-refractivity contribution in [3.63, 3.8) is 0 Å². The van der Waals surface area contributed by atoms with E-state index in [-0.39, 0.29) is 5.41 Å². The van der Waals surface area contributed by atoms with Gasteiger partial charge in [-0.15, -0.1) is 0 Å². The molecule has 0 aliphatic carbocycles. The maximum absolute atomic E-state index is 10.7. The van der Waals surface area contributed by atoms with Gasteiger partial charge in [0.1, 0.15) is 5.75 Å². The lowest BCUT2D eigenvalue weighted by atomic mass is 9.85. The molecule has 0 radical (unpaired) electrons. The molecule has 1 unspecified atom stereocenters. The van der Waals surface area contributed by atoms with Gasteiger partial charge in [-0.1, -0.05) is 39.7 Å². The number of aliphatic hydroxyl groups excluding tert-OH is 1. The van der Waals surface area contributed by atoms with Crippen LogP contribution in [0, 0.1) is 0 Å². The van der Waals surface area contributed by atoms with Crippen LogP contribution in [-0.4, -0.2) is 36.8 Å². The zero-order valence-corrected chi connectivity index (χ0v) is 15.3. The molecule has 1 aliphatic rings. The van der Waals surface area contributed by atoms with Gasteiger partial charge in [0.15, 0.2) is 0 Å². The highest BCUT2D eigenvalue weighted by Crippen LogP contribution is 2.33. The topological polar surface area (TPSA) is 32.7 Å². The first-order valence-electron chi connectivity index (χ1n) is 9.00. The molecule has 1 heterocycles. The highest BCUT2D eigenvalue weighted by atomic mass is 16.5. The Labute approximate surface area is 141 Å². The van der Waals surface area contributed by atoms with Crippen molar-refractivity contribution in [2.24, 2.45) is 0 Å². The monoisotopic (exact) mass is 319 g/mol. The Morgan fingerprint density at radius 3 is 2.35 bits per heavy atom. The number of aliphatic hydroxyl groups is 1. The molecule has 1 aromatic carbocycles. The Bertz CT molecular complexity index is 485. The van der Waals surface area contributed by atoms with Crippen molar-refractivity contribution in [2.45, 2.75) is 64.4 Å². The molecule has 0 spiro atoms. The third-order valence-corrected chi connectivity index (χ3v) is 4.87. The smallest absolute Gasteiger partial charge is 0.124 e. The number of ether oxygens (including phenoxy) is 1. The Morgan fingerprint density at radius 2 is 1.78 bits per heavy atom. The summed E-state index contributed by atoms with van der Waals surface area (Å²) < 4.78 is 5.47. The lowest BCUT2D eigenvalue weighted by molar-refractivity contribution is 0.140. The van der Waals surface area contributed by atoms with E-state index in [0.29, 0.717) is 0 Å². The van der Waals surface area contributed by atoms with Crippen molar-refractivity contribution < 1.29 is 9.84 Å². The minimum absolute atomic E-state index is 0.0749. The summed E-state index contributed by atoms with van der Waals surface area (Å²) in [4.78, 5) is 2.50. The maximum Gasteiger partial charge on any atom is 0.124 e. The average Bonchev–Trinajstić information content (AvgIpc) is 2.79. The molecule has 23 heavy (non-hydrogen) atoms. The lowest BCUT2D eigenvalue weighted by Crippen LogP contribution is -2.27. The molecule has 0 saturated carbocycles. The van der Waals surface area contributed by atoms with Gasteiger partial charge in [0.25, 0.3) is 0 Å². The minimum Gasteiger partial charge on any atom is -0.496 e. The zero-order valence-electron chi connectivity index (χ0n) is 15.3. The van der Waals surface area contributed by atoms with Crippen molar-refractivity contribution in [1.82, 2.24) is 4.90 Å². The SMILES string of the molecule is COc1ccc(C(C)(C)C)cc1C(O)CCN1CCCCCC1. The van der Waals surface area contributed by atoms with Crippen molar-refractivity contribution in [1.29, 1.82) is 0 Å². The summed E-state index contributed by atoms with van der Waals surface area (Å²) in [6.45, 7) is 9.90. The fraction of sp³-hybridized carbons (Fsp3) is 0.700. The molecular weight excluding hydrogens is 286 g/mol. The third kappa shape index (κ3) is 5.22. The molecule has 1 atom stereocenters. The molecule has 0 bridgehead atoms. The van der Waals surface area contributed by atoms with Gasteiger partial charge in [-0.3, -0.25) is 0 Å². The van der Waals surface area contributed by atoms with Crippen LogP contribution in [0.1, 0.15) is 70.1 Å². The van der Waals surface area contributed by atoms with Gasteiger partial charge in [0, 0.05) is 12.1 Å². The van der Waals surface area contributed by atoms with Crippen molar-refractivity contribution >= 4 is 0 Å². The Morgan fingerprint density at radius 1 is 1.13 bits per heavy atom. The number of rotatable bonds is 5. The van der Waals surface area contributed by atoms with Crippen LogP contribution in [0.25, 0.3) is 0 Å². The molecule has 1 aromatic rings. The van der Waals surface area contributed by atoms with Gasteiger partial charge in [-0.25, -0.2) is 0 Å². The standard InChI is InChI=1S/C20H33NO2/c1-20(2,3)16-9-10-19(23-4)17(15-16)18(22)11-14-21-12-7-5-6-8-13-21/h9-10,15,18,22H,5-8,11-14H2,1-4H3. The number of benzene rings is 1. The molecule has 3 nitrogen and oxygen atoms in total. The Hall–Kier alpha value is -1.06. The normalized spacial score (nSPS) is 18.5. The van der Waals surface area contributed by atoms with Gasteiger partial charge in [-0.05, 0) is 55.5 Å². The highest BCUT2D eigenvalue weighted by Gasteiger charge is 2.20. The quantitative estimate of drug-likeness (QED) is 0.878.